The maximum atomic E-state index is 13.1. The fraction of sp³-hybridized carbons (Fsp3) is 0.333. The molecule has 2 N–H and O–H groups in total. The van der Waals surface area contributed by atoms with Crippen molar-refractivity contribution in [2.45, 2.75) is 39.2 Å². The number of thiophene rings is 1. The molecular weight excluding hydrogens is 434 g/mol. The van der Waals surface area contributed by atoms with Crippen LogP contribution in [-0.2, 0) is 17.6 Å². The van der Waals surface area contributed by atoms with Gasteiger partial charge in [0, 0.05) is 16.5 Å². The third-order valence-electron chi connectivity index (χ3n) is 5.62. The van der Waals surface area contributed by atoms with Gasteiger partial charge in [0.1, 0.15) is 10.9 Å². The smallest absolute Gasteiger partial charge is 0.311 e. The van der Waals surface area contributed by atoms with E-state index in [4.69, 9.17) is 0 Å². The number of nitrogens with zero attached hydrogens (tertiary/aromatic N) is 4. The highest BCUT2D eigenvalue weighted by Gasteiger charge is 2.25. The summed E-state index contributed by atoms with van der Waals surface area (Å²) in [5.74, 6) is -0.414. The van der Waals surface area contributed by atoms with Gasteiger partial charge in [-0.3, -0.25) is 24.3 Å². The zero-order valence-electron chi connectivity index (χ0n) is 17.4. The number of nitrogens with one attached hydrogen (secondary N) is 1. The number of nitro groups is 1. The maximum absolute atomic E-state index is 13.1. The van der Waals surface area contributed by atoms with Crippen LogP contribution in [0.1, 0.15) is 42.3 Å². The molecule has 0 unspecified atom stereocenters. The molecule has 2 aromatic heterocycles. The van der Waals surface area contributed by atoms with Crippen molar-refractivity contribution < 1.29 is 14.8 Å². The third-order valence-corrected chi connectivity index (χ3v) is 6.78. The number of benzene rings is 1. The number of aryl methyl sites for hydroxylation is 1. The first kappa shape index (κ1) is 21.6. The Morgan fingerprint density at radius 2 is 2.28 bits per heavy atom. The number of amides is 1. The van der Waals surface area contributed by atoms with E-state index in [0.717, 1.165) is 30.9 Å². The number of carbonyl (C=O) groups excluding carboxylic acids is 1. The van der Waals surface area contributed by atoms with Crippen LogP contribution in [0.5, 0.6) is 5.75 Å². The average Bonchev–Trinajstić information content (AvgIpc) is 3.12. The summed E-state index contributed by atoms with van der Waals surface area (Å²) in [6, 6.07) is 2.87. The summed E-state index contributed by atoms with van der Waals surface area (Å²) in [4.78, 5) is 42.2. The molecule has 0 aliphatic heterocycles. The Hall–Kier alpha value is -3.60. The van der Waals surface area contributed by atoms with Crippen LogP contribution < -0.4 is 11.0 Å². The number of fused-ring (bicyclic) bond motifs is 3. The van der Waals surface area contributed by atoms with Gasteiger partial charge in [-0.15, -0.1) is 11.3 Å². The summed E-state index contributed by atoms with van der Waals surface area (Å²) in [7, 11) is 0. The molecule has 0 saturated carbocycles. The molecule has 1 aliphatic carbocycles. The van der Waals surface area contributed by atoms with Crippen molar-refractivity contribution in [3.8, 4) is 5.75 Å². The van der Waals surface area contributed by atoms with Crippen LogP contribution in [0.25, 0.3) is 10.2 Å². The van der Waals surface area contributed by atoms with E-state index < -0.39 is 28.3 Å². The summed E-state index contributed by atoms with van der Waals surface area (Å²) in [6.45, 7) is 3.77. The predicted octanol–water partition coefficient (Wildman–Crippen LogP) is 2.91. The second-order valence-corrected chi connectivity index (χ2v) is 8.99. The fourth-order valence-corrected chi connectivity index (χ4v) is 5.12. The molecule has 0 radical (unpaired) electrons. The highest BCUT2D eigenvalue weighted by atomic mass is 32.1. The number of phenolic OH excluding ortho intramolecular Hbond substituents is 1. The van der Waals surface area contributed by atoms with Gasteiger partial charge >= 0.3 is 5.69 Å². The first-order valence-corrected chi connectivity index (χ1v) is 10.9. The van der Waals surface area contributed by atoms with Gasteiger partial charge in [-0.05, 0) is 49.8 Å². The SMILES string of the molecule is C[C@@H]1CCc2c(sc3ncn([C@H](C)C(=O)N/N=C/c4ccc(O)c([N+](=O)[O-])c4)c(=O)c23)C1. The van der Waals surface area contributed by atoms with Gasteiger partial charge in [0.05, 0.1) is 22.9 Å². The maximum Gasteiger partial charge on any atom is 0.311 e. The third kappa shape index (κ3) is 3.98. The lowest BCUT2D eigenvalue weighted by atomic mass is 9.89. The predicted molar refractivity (Wildman–Crippen MR) is 120 cm³/mol. The van der Waals surface area contributed by atoms with Crippen LogP contribution in [0, 0.1) is 16.0 Å². The van der Waals surface area contributed by atoms with Crippen molar-refractivity contribution in [1.29, 1.82) is 0 Å². The Bertz CT molecular complexity index is 1310. The zero-order chi connectivity index (χ0) is 23.0. The van der Waals surface area contributed by atoms with Crippen LogP contribution >= 0.6 is 11.3 Å². The van der Waals surface area contributed by atoms with Crippen LogP contribution in [0.3, 0.4) is 0 Å². The molecule has 1 aliphatic rings. The van der Waals surface area contributed by atoms with Gasteiger partial charge in [-0.25, -0.2) is 10.4 Å². The Morgan fingerprint density at radius 1 is 1.50 bits per heavy atom. The quantitative estimate of drug-likeness (QED) is 0.344. The van der Waals surface area contributed by atoms with E-state index in [-0.39, 0.29) is 5.56 Å². The van der Waals surface area contributed by atoms with Gasteiger partial charge in [0.25, 0.3) is 11.5 Å². The van der Waals surface area contributed by atoms with E-state index in [2.05, 4.69) is 22.4 Å². The molecule has 1 amide bonds. The van der Waals surface area contributed by atoms with E-state index in [1.54, 1.807) is 18.3 Å². The molecule has 2 atom stereocenters. The number of carbonyl (C=O) groups is 1. The molecule has 0 fully saturated rings. The van der Waals surface area contributed by atoms with Gasteiger partial charge in [0.2, 0.25) is 0 Å². The van der Waals surface area contributed by atoms with Crippen molar-refractivity contribution in [1.82, 2.24) is 15.0 Å². The van der Waals surface area contributed by atoms with Gasteiger partial charge in [-0.2, -0.15) is 5.10 Å². The van der Waals surface area contributed by atoms with Crippen molar-refractivity contribution in [2.75, 3.05) is 0 Å². The molecule has 32 heavy (non-hydrogen) atoms. The molecule has 11 heteroatoms. The number of aromatic hydroxyl groups is 1. The Balaban J connectivity index is 1.54. The molecule has 3 aromatic rings. The Morgan fingerprint density at radius 3 is 3.03 bits per heavy atom. The fourth-order valence-electron chi connectivity index (χ4n) is 3.78. The van der Waals surface area contributed by atoms with Crippen LogP contribution in [0.4, 0.5) is 5.69 Å². The van der Waals surface area contributed by atoms with Gasteiger partial charge < -0.3 is 5.11 Å². The molecule has 10 nitrogen and oxygen atoms in total. The molecule has 0 saturated heterocycles. The lowest BCUT2D eigenvalue weighted by molar-refractivity contribution is -0.385. The zero-order valence-corrected chi connectivity index (χ0v) is 18.3. The molecule has 1 aromatic carbocycles. The minimum atomic E-state index is -0.858. The van der Waals surface area contributed by atoms with E-state index in [1.807, 2.05) is 0 Å². The lowest BCUT2D eigenvalue weighted by Gasteiger charge is -2.18. The van der Waals surface area contributed by atoms with E-state index >= 15 is 0 Å². The van der Waals surface area contributed by atoms with Crippen molar-refractivity contribution in [3.05, 3.63) is 61.0 Å². The molecule has 166 valence electrons. The number of phenols is 1. The Labute approximate surface area is 186 Å². The minimum absolute atomic E-state index is 0.247. The molecular formula is C21H21N5O5S. The summed E-state index contributed by atoms with van der Waals surface area (Å²) in [5, 5.41) is 24.8. The molecule has 2 heterocycles. The highest BCUT2D eigenvalue weighted by Crippen LogP contribution is 2.35. The molecule has 4 rings (SSSR count). The monoisotopic (exact) mass is 455 g/mol. The number of nitro benzene ring substituents is 1. The van der Waals surface area contributed by atoms with Crippen LogP contribution in [0.2, 0.25) is 0 Å². The van der Waals surface area contributed by atoms with Gasteiger partial charge in [0.15, 0.2) is 5.75 Å². The minimum Gasteiger partial charge on any atom is -0.502 e. The van der Waals surface area contributed by atoms with Crippen molar-refractivity contribution >= 4 is 39.4 Å². The summed E-state index contributed by atoms with van der Waals surface area (Å²) in [6.07, 6.45) is 5.40. The van der Waals surface area contributed by atoms with Gasteiger partial charge in [-0.1, -0.05) is 6.92 Å². The topological polar surface area (TPSA) is 140 Å². The first-order valence-electron chi connectivity index (χ1n) is 10.1. The van der Waals surface area contributed by atoms with E-state index in [1.165, 1.54) is 34.1 Å². The van der Waals surface area contributed by atoms with Crippen LogP contribution in [0.15, 0.2) is 34.4 Å². The first-order chi connectivity index (χ1) is 15.3. The summed E-state index contributed by atoms with van der Waals surface area (Å²) < 4.78 is 1.30. The van der Waals surface area contributed by atoms with E-state index in [0.29, 0.717) is 21.7 Å². The standard InChI is InChI=1S/C21H21N5O5S/c1-11-3-5-14-17(7-11)32-20-18(14)21(29)25(10-22-20)12(2)19(28)24-23-9-13-4-6-16(27)15(8-13)26(30)31/h4,6,8-12,27H,3,5,7H2,1-2H3,(H,24,28)/b23-9+/t11-,12-/m1/s1. The second kappa shape index (κ2) is 8.50. The normalized spacial score (nSPS) is 16.8. The number of hydrogen-bond donors (Lipinski definition) is 2. The van der Waals surface area contributed by atoms with E-state index in [9.17, 15) is 24.8 Å². The highest BCUT2D eigenvalue weighted by molar-refractivity contribution is 7.18. The largest absolute Gasteiger partial charge is 0.502 e. The lowest BCUT2D eigenvalue weighted by Crippen LogP contribution is -2.34. The van der Waals surface area contributed by atoms with Crippen LogP contribution in [-0.4, -0.2) is 31.7 Å². The second-order valence-electron chi connectivity index (χ2n) is 7.90. The number of hydrogen-bond acceptors (Lipinski definition) is 8. The average molecular weight is 455 g/mol. The number of rotatable bonds is 5. The Kier molecular flexibility index (Phi) is 5.74. The number of aromatic nitrogens is 2. The molecule has 0 bridgehead atoms. The summed E-state index contributed by atoms with van der Waals surface area (Å²) >= 11 is 1.55. The molecule has 0 spiro atoms. The summed E-state index contributed by atoms with van der Waals surface area (Å²) in [5.41, 5.74) is 3.00. The number of hydrazone groups is 1. The van der Waals surface area contributed by atoms with Crippen molar-refractivity contribution in [2.24, 2.45) is 11.0 Å². The van der Waals surface area contributed by atoms with Crippen molar-refractivity contribution in [3.63, 3.8) is 0 Å².